The van der Waals surface area contributed by atoms with Gasteiger partial charge < -0.3 is 10.0 Å². The number of hydrogen-bond donors (Lipinski definition) is 1. The van der Waals surface area contributed by atoms with E-state index in [1.165, 1.54) is 0 Å². The average Bonchev–Trinajstić information content (AvgIpc) is 2.85. The monoisotopic (exact) mass is 292 g/mol. The first-order valence-electron chi connectivity index (χ1n) is 6.58. The molecule has 4 nitrogen and oxygen atoms in total. The molecule has 0 aliphatic carbocycles. The molecule has 1 heterocycles. The maximum absolute atomic E-state index is 11.6. The molecule has 1 atom stereocenters. The number of carboxylic acid groups (broad SMARTS) is 1. The van der Waals surface area contributed by atoms with Crippen LogP contribution in [0.25, 0.3) is 0 Å². The number of carboxylic acids is 1. The van der Waals surface area contributed by atoms with Crippen LogP contribution in [-0.2, 0) is 4.79 Å². The van der Waals surface area contributed by atoms with E-state index < -0.39 is 11.4 Å². The van der Waals surface area contributed by atoms with E-state index in [2.05, 4.69) is 6.07 Å². The van der Waals surface area contributed by atoms with Gasteiger partial charge in [-0.2, -0.15) is 5.26 Å². The largest absolute Gasteiger partial charge is 0.481 e. The minimum absolute atomic E-state index is 0.0368. The van der Waals surface area contributed by atoms with Crippen LogP contribution in [0.2, 0.25) is 5.02 Å². The minimum atomic E-state index is -0.768. The first-order chi connectivity index (χ1) is 9.40. The van der Waals surface area contributed by atoms with E-state index in [0.717, 1.165) is 5.69 Å². The first-order valence-corrected chi connectivity index (χ1v) is 6.96. The third-order valence-electron chi connectivity index (χ3n) is 4.25. The van der Waals surface area contributed by atoms with Crippen LogP contribution in [0.5, 0.6) is 0 Å². The second-order valence-corrected chi connectivity index (χ2v) is 6.00. The second-order valence-electron chi connectivity index (χ2n) is 5.56. The van der Waals surface area contributed by atoms with Gasteiger partial charge in [0.15, 0.2) is 0 Å². The summed E-state index contributed by atoms with van der Waals surface area (Å²) < 4.78 is 0. The van der Waals surface area contributed by atoms with E-state index >= 15 is 0 Å². The highest BCUT2D eigenvalue weighted by Crippen LogP contribution is 2.41. The molecule has 1 aliphatic rings. The lowest BCUT2D eigenvalue weighted by molar-refractivity contribution is -0.150. The molecule has 0 spiro atoms. The molecule has 20 heavy (non-hydrogen) atoms. The zero-order valence-electron chi connectivity index (χ0n) is 11.6. The summed E-state index contributed by atoms with van der Waals surface area (Å²) in [6.07, 6.45) is 0.581. The van der Waals surface area contributed by atoms with Crippen molar-refractivity contribution in [2.45, 2.75) is 20.3 Å². The van der Waals surface area contributed by atoms with Crippen LogP contribution in [0.15, 0.2) is 18.2 Å². The van der Waals surface area contributed by atoms with Crippen LogP contribution in [0.3, 0.4) is 0 Å². The molecule has 1 fully saturated rings. The number of aliphatic carboxylic acids is 1. The molecule has 1 aliphatic heterocycles. The maximum Gasteiger partial charge on any atom is 0.311 e. The lowest BCUT2D eigenvalue weighted by atomic mass is 9.76. The Bertz CT molecular complexity index is 580. The highest BCUT2D eigenvalue weighted by molar-refractivity contribution is 6.30. The Morgan fingerprint density at radius 3 is 2.75 bits per heavy atom. The lowest BCUT2D eigenvalue weighted by Gasteiger charge is -2.29. The van der Waals surface area contributed by atoms with E-state index in [0.29, 0.717) is 30.1 Å². The highest BCUT2D eigenvalue weighted by Gasteiger charge is 2.47. The molecule has 5 heteroatoms. The topological polar surface area (TPSA) is 64.3 Å². The zero-order valence-corrected chi connectivity index (χ0v) is 12.3. The summed E-state index contributed by atoms with van der Waals surface area (Å²) in [6.45, 7) is 4.90. The minimum Gasteiger partial charge on any atom is -0.481 e. The van der Waals surface area contributed by atoms with Gasteiger partial charge in [-0.15, -0.1) is 0 Å². The summed E-state index contributed by atoms with van der Waals surface area (Å²) in [5.41, 5.74) is 0.498. The van der Waals surface area contributed by atoms with Crippen molar-refractivity contribution >= 4 is 23.3 Å². The van der Waals surface area contributed by atoms with E-state index in [4.69, 9.17) is 11.6 Å². The SMILES string of the molecule is CC(C)C1(C(=O)O)CCN(c2cc(Cl)ccc2C#N)C1. The van der Waals surface area contributed by atoms with Crippen molar-refractivity contribution in [3.8, 4) is 6.07 Å². The average molecular weight is 293 g/mol. The predicted molar refractivity (Wildman–Crippen MR) is 77.9 cm³/mol. The summed E-state index contributed by atoms with van der Waals surface area (Å²) in [6, 6.07) is 7.22. The standard InChI is InChI=1S/C15H17ClN2O2/c1-10(2)15(14(19)20)5-6-18(9-15)13-7-12(16)4-3-11(13)8-17/h3-4,7,10H,5-6,9H2,1-2H3,(H,19,20). The van der Waals surface area contributed by atoms with Gasteiger partial charge >= 0.3 is 5.97 Å². The summed E-state index contributed by atoms with van der Waals surface area (Å²) in [5.74, 6) is -0.731. The van der Waals surface area contributed by atoms with Crippen LogP contribution < -0.4 is 4.90 Å². The number of nitriles is 1. The second kappa shape index (κ2) is 5.34. The van der Waals surface area contributed by atoms with Crippen molar-refractivity contribution in [2.75, 3.05) is 18.0 Å². The Labute approximate surface area is 123 Å². The number of rotatable bonds is 3. The van der Waals surface area contributed by atoms with Crippen LogP contribution in [0.4, 0.5) is 5.69 Å². The summed E-state index contributed by atoms with van der Waals surface area (Å²) in [7, 11) is 0. The van der Waals surface area contributed by atoms with Gasteiger partial charge in [-0.1, -0.05) is 25.4 Å². The van der Waals surface area contributed by atoms with Gasteiger partial charge in [-0.05, 0) is 30.5 Å². The molecule has 0 bridgehead atoms. The van der Waals surface area contributed by atoms with Gasteiger partial charge in [-0.3, -0.25) is 4.79 Å². The third kappa shape index (κ3) is 2.34. The van der Waals surface area contributed by atoms with Gasteiger partial charge in [0.05, 0.1) is 16.7 Å². The van der Waals surface area contributed by atoms with E-state index in [1.807, 2.05) is 18.7 Å². The fourth-order valence-corrected chi connectivity index (χ4v) is 2.96. The van der Waals surface area contributed by atoms with Gasteiger partial charge in [0.2, 0.25) is 0 Å². The zero-order chi connectivity index (χ0) is 14.9. The van der Waals surface area contributed by atoms with Gasteiger partial charge in [0.25, 0.3) is 0 Å². The first kappa shape index (κ1) is 14.7. The Balaban J connectivity index is 2.37. The molecule has 1 N–H and O–H groups in total. The van der Waals surface area contributed by atoms with Crippen LogP contribution in [0.1, 0.15) is 25.8 Å². The molecular weight excluding hydrogens is 276 g/mol. The Hall–Kier alpha value is -1.73. The summed E-state index contributed by atoms with van der Waals surface area (Å²) in [4.78, 5) is 13.6. The molecule has 1 aromatic rings. The molecule has 1 aromatic carbocycles. The highest BCUT2D eigenvalue weighted by atomic mass is 35.5. The number of nitrogens with zero attached hydrogens (tertiary/aromatic N) is 2. The molecular formula is C15H17ClN2O2. The Morgan fingerprint density at radius 2 is 2.25 bits per heavy atom. The Morgan fingerprint density at radius 1 is 1.55 bits per heavy atom. The predicted octanol–water partition coefficient (Wildman–Crippen LogP) is 3.15. The molecule has 1 saturated heterocycles. The maximum atomic E-state index is 11.6. The fraction of sp³-hybridized carbons (Fsp3) is 0.467. The Kier molecular flexibility index (Phi) is 3.92. The van der Waals surface area contributed by atoms with Gasteiger partial charge in [-0.25, -0.2) is 0 Å². The fourth-order valence-electron chi connectivity index (χ4n) is 2.79. The number of hydrogen-bond acceptors (Lipinski definition) is 3. The van der Waals surface area contributed by atoms with Crippen LogP contribution in [-0.4, -0.2) is 24.2 Å². The lowest BCUT2D eigenvalue weighted by Crippen LogP contribution is -2.39. The van der Waals surface area contributed by atoms with Crippen molar-refractivity contribution in [2.24, 2.45) is 11.3 Å². The molecule has 0 radical (unpaired) electrons. The third-order valence-corrected chi connectivity index (χ3v) is 4.49. The van der Waals surface area contributed by atoms with Crippen molar-refractivity contribution in [3.05, 3.63) is 28.8 Å². The quantitative estimate of drug-likeness (QED) is 0.929. The van der Waals surface area contributed by atoms with Crippen LogP contribution >= 0.6 is 11.6 Å². The molecule has 0 amide bonds. The number of halogens is 1. The number of carbonyl (C=O) groups is 1. The van der Waals surface area contributed by atoms with Crippen molar-refractivity contribution < 1.29 is 9.90 Å². The number of anilines is 1. The van der Waals surface area contributed by atoms with E-state index in [1.54, 1.807) is 18.2 Å². The van der Waals surface area contributed by atoms with Crippen molar-refractivity contribution in [1.82, 2.24) is 0 Å². The van der Waals surface area contributed by atoms with Crippen molar-refractivity contribution in [3.63, 3.8) is 0 Å². The van der Waals surface area contributed by atoms with Gasteiger partial charge in [0, 0.05) is 18.1 Å². The summed E-state index contributed by atoms with van der Waals surface area (Å²) in [5, 5.41) is 19.3. The van der Waals surface area contributed by atoms with Gasteiger partial charge in [0.1, 0.15) is 6.07 Å². The summed E-state index contributed by atoms with van der Waals surface area (Å²) >= 11 is 6.00. The normalized spacial score (nSPS) is 22.1. The molecule has 0 saturated carbocycles. The molecule has 1 unspecified atom stereocenters. The molecule has 2 rings (SSSR count). The van der Waals surface area contributed by atoms with E-state index in [9.17, 15) is 15.2 Å². The molecule has 106 valence electrons. The van der Waals surface area contributed by atoms with E-state index in [-0.39, 0.29) is 5.92 Å². The number of benzene rings is 1. The van der Waals surface area contributed by atoms with Crippen molar-refractivity contribution in [1.29, 1.82) is 5.26 Å². The molecule has 0 aromatic heterocycles. The van der Waals surface area contributed by atoms with Crippen LogP contribution in [0, 0.1) is 22.7 Å². The smallest absolute Gasteiger partial charge is 0.311 e.